The first-order valence-electron chi connectivity index (χ1n) is 9.82. The van der Waals surface area contributed by atoms with Crippen LogP contribution in [0.1, 0.15) is 46.9 Å². The number of Topliss-reactive ketones (excluding diaryl/α,β-unsaturated/α-hetero) is 1. The number of carbonyl (C=O) groups excluding carboxylic acids is 2. The lowest BCUT2D eigenvalue weighted by atomic mass is 9.97. The van der Waals surface area contributed by atoms with Crippen LogP contribution in [0.15, 0.2) is 78.9 Å². The second-order valence-electron chi connectivity index (χ2n) is 7.40. The van der Waals surface area contributed by atoms with Gasteiger partial charge in [-0.1, -0.05) is 60.2 Å². The van der Waals surface area contributed by atoms with E-state index in [1.165, 1.54) is 12.5 Å². The van der Waals surface area contributed by atoms with Gasteiger partial charge in [0.25, 0.3) is 5.91 Å². The highest BCUT2D eigenvalue weighted by molar-refractivity contribution is 5.96. The van der Waals surface area contributed by atoms with Crippen molar-refractivity contribution in [2.75, 3.05) is 5.32 Å². The number of hydrogen-bond donors (Lipinski definition) is 2. The molecule has 29 heavy (non-hydrogen) atoms. The average molecular weight is 388 g/mol. The van der Waals surface area contributed by atoms with Gasteiger partial charge >= 0.3 is 0 Å². The molecule has 1 amide bonds. The molecule has 0 aliphatic rings. The Hall–Kier alpha value is -3.24. The molecule has 4 nitrogen and oxygen atoms in total. The van der Waals surface area contributed by atoms with E-state index in [0.29, 0.717) is 11.3 Å². The fourth-order valence-corrected chi connectivity index (χ4v) is 3.27. The summed E-state index contributed by atoms with van der Waals surface area (Å²) in [5.41, 5.74) is 4.84. The largest absolute Gasteiger partial charge is 0.326 e. The zero-order valence-electron chi connectivity index (χ0n) is 17.1. The van der Waals surface area contributed by atoms with Gasteiger partial charge in [0.15, 0.2) is 11.8 Å². The number of nitrogens with two attached hydrogens (primary N) is 1. The van der Waals surface area contributed by atoms with Gasteiger partial charge in [0.2, 0.25) is 0 Å². The maximum absolute atomic E-state index is 12.8. The highest BCUT2D eigenvalue weighted by Gasteiger charge is 2.24. The average Bonchev–Trinajstić information content (AvgIpc) is 2.73. The summed E-state index contributed by atoms with van der Waals surface area (Å²) in [5, 5.41) is 5.03. The molecular weight excluding hydrogens is 360 g/mol. The van der Waals surface area contributed by atoms with E-state index in [1.807, 2.05) is 25.1 Å². The van der Waals surface area contributed by atoms with Crippen molar-refractivity contribution in [2.45, 2.75) is 32.9 Å². The fourth-order valence-electron chi connectivity index (χ4n) is 3.27. The highest BCUT2D eigenvalue weighted by Crippen LogP contribution is 2.19. The van der Waals surface area contributed by atoms with Crippen LogP contribution >= 0.6 is 0 Å². The normalized spacial score (nSPS) is 12.8. The number of hydrogen-bond acceptors (Lipinski definition) is 2. The van der Waals surface area contributed by atoms with Crippen molar-refractivity contribution in [3.8, 4) is 0 Å². The van der Waals surface area contributed by atoms with Gasteiger partial charge in [-0.05, 0) is 45.0 Å². The van der Waals surface area contributed by atoms with E-state index in [0.717, 1.165) is 11.1 Å². The summed E-state index contributed by atoms with van der Waals surface area (Å²) in [4.78, 5) is 24.2. The van der Waals surface area contributed by atoms with Gasteiger partial charge in [0, 0.05) is 22.4 Å². The zero-order chi connectivity index (χ0) is 20.8. The molecule has 0 bridgehead atoms. The Bertz CT molecular complexity index is 964. The molecule has 3 N–H and O–H groups in total. The van der Waals surface area contributed by atoms with Crippen LogP contribution in [-0.4, -0.2) is 17.7 Å². The van der Waals surface area contributed by atoms with Crippen LogP contribution in [0.5, 0.6) is 0 Å². The Morgan fingerprint density at radius 3 is 2.00 bits per heavy atom. The van der Waals surface area contributed by atoms with Gasteiger partial charge in [0.05, 0.1) is 0 Å². The Balaban J connectivity index is 1.75. The second kappa shape index (κ2) is 9.30. The molecular formula is C25H27N2O2+. The van der Waals surface area contributed by atoms with E-state index in [9.17, 15) is 9.59 Å². The first kappa shape index (κ1) is 20.5. The second-order valence-corrected chi connectivity index (χ2v) is 7.40. The molecule has 3 aromatic rings. The monoisotopic (exact) mass is 387 g/mol. The van der Waals surface area contributed by atoms with Crippen molar-refractivity contribution in [1.29, 1.82) is 0 Å². The van der Waals surface area contributed by atoms with E-state index in [4.69, 9.17) is 0 Å². The van der Waals surface area contributed by atoms with E-state index >= 15 is 0 Å². The topological polar surface area (TPSA) is 62.8 Å². The third kappa shape index (κ3) is 5.39. The summed E-state index contributed by atoms with van der Waals surface area (Å²) in [7, 11) is 0. The number of benzene rings is 3. The van der Waals surface area contributed by atoms with E-state index < -0.39 is 0 Å². The molecule has 2 atom stereocenters. The number of amides is 1. The standard InChI is InChI=1S/C25H26N2O2/c1-17-9-11-22(12-10-17)24(21-7-5-4-6-8-21)26-18(2)25(29)27-23-15-13-20(14-16-23)19(3)28/h4-16,18,24,26H,1-3H3,(H,27,29)/p+1/t18-,24+/m1/s1. The Morgan fingerprint density at radius 2 is 1.41 bits per heavy atom. The number of rotatable bonds is 7. The van der Waals surface area contributed by atoms with Crippen LogP contribution in [0.4, 0.5) is 5.69 Å². The number of anilines is 1. The molecule has 3 rings (SSSR count). The van der Waals surface area contributed by atoms with Gasteiger partial charge in [-0.15, -0.1) is 0 Å². The molecule has 3 aromatic carbocycles. The lowest BCUT2D eigenvalue weighted by Crippen LogP contribution is -2.92. The lowest BCUT2D eigenvalue weighted by molar-refractivity contribution is -0.704. The molecule has 0 saturated carbocycles. The Morgan fingerprint density at radius 1 is 0.828 bits per heavy atom. The van der Waals surface area contributed by atoms with Gasteiger partial charge in [-0.25, -0.2) is 0 Å². The van der Waals surface area contributed by atoms with Crippen LogP contribution in [0, 0.1) is 6.92 Å². The Labute approximate surface area is 172 Å². The smallest absolute Gasteiger partial charge is 0.282 e. The Kier molecular flexibility index (Phi) is 6.57. The maximum atomic E-state index is 12.8. The van der Waals surface area contributed by atoms with Crippen LogP contribution in [0.3, 0.4) is 0 Å². The summed E-state index contributed by atoms with van der Waals surface area (Å²) < 4.78 is 0. The third-order valence-corrected chi connectivity index (χ3v) is 5.05. The van der Waals surface area contributed by atoms with Gasteiger partial charge < -0.3 is 10.6 Å². The van der Waals surface area contributed by atoms with Crippen LogP contribution in [0.2, 0.25) is 0 Å². The molecule has 0 aliphatic carbocycles. The van der Waals surface area contributed by atoms with Crippen molar-refractivity contribution < 1.29 is 14.9 Å². The summed E-state index contributed by atoms with van der Waals surface area (Å²) in [6.45, 7) is 5.50. The molecule has 0 aliphatic heterocycles. The molecule has 4 heteroatoms. The van der Waals surface area contributed by atoms with Crippen molar-refractivity contribution in [3.05, 3.63) is 101 Å². The summed E-state index contributed by atoms with van der Waals surface area (Å²) in [5.74, 6) is -0.0676. The highest BCUT2D eigenvalue weighted by atomic mass is 16.2. The first-order valence-corrected chi connectivity index (χ1v) is 9.82. The minimum atomic E-state index is -0.297. The molecule has 0 heterocycles. The van der Waals surface area contributed by atoms with Crippen molar-refractivity contribution in [1.82, 2.24) is 0 Å². The third-order valence-electron chi connectivity index (χ3n) is 5.05. The van der Waals surface area contributed by atoms with E-state index in [1.54, 1.807) is 24.3 Å². The van der Waals surface area contributed by atoms with Gasteiger partial charge in [0.1, 0.15) is 6.04 Å². The molecule has 0 unspecified atom stereocenters. The lowest BCUT2D eigenvalue weighted by Gasteiger charge is -2.21. The summed E-state index contributed by atoms with van der Waals surface area (Å²) in [6.07, 6.45) is 0. The van der Waals surface area contributed by atoms with Crippen molar-refractivity contribution in [3.63, 3.8) is 0 Å². The molecule has 0 aromatic heterocycles. The maximum Gasteiger partial charge on any atom is 0.282 e. The number of aryl methyl sites for hydroxylation is 1. The molecule has 0 fully saturated rings. The first-order chi connectivity index (χ1) is 13.9. The van der Waals surface area contributed by atoms with E-state index in [-0.39, 0.29) is 23.8 Å². The van der Waals surface area contributed by atoms with Crippen molar-refractivity contribution >= 4 is 17.4 Å². The van der Waals surface area contributed by atoms with Crippen LogP contribution < -0.4 is 10.6 Å². The van der Waals surface area contributed by atoms with Gasteiger partial charge in [-0.3, -0.25) is 9.59 Å². The van der Waals surface area contributed by atoms with Crippen LogP contribution in [0.25, 0.3) is 0 Å². The zero-order valence-corrected chi connectivity index (χ0v) is 17.1. The van der Waals surface area contributed by atoms with Crippen LogP contribution in [-0.2, 0) is 4.79 Å². The predicted octanol–water partition coefficient (Wildman–Crippen LogP) is 3.88. The quantitative estimate of drug-likeness (QED) is 0.605. The fraction of sp³-hybridized carbons (Fsp3) is 0.200. The van der Waals surface area contributed by atoms with Gasteiger partial charge in [-0.2, -0.15) is 0 Å². The molecule has 0 spiro atoms. The summed E-state index contributed by atoms with van der Waals surface area (Å²) >= 11 is 0. The molecule has 148 valence electrons. The predicted molar refractivity (Wildman–Crippen MR) is 116 cm³/mol. The molecule has 0 saturated heterocycles. The number of carbonyl (C=O) groups is 2. The molecule has 0 radical (unpaired) electrons. The SMILES string of the molecule is CC(=O)c1ccc(NC(=O)[C@@H](C)[NH2+][C@@H](c2ccccc2)c2ccc(C)cc2)cc1. The number of nitrogens with one attached hydrogen (secondary N) is 1. The summed E-state index contributed by atoms with van der Waals surface area (Å²) in [6, 6.07) is 25.4. The number of ketones is 1. The minimum Gasteiger partial charge on any atom is -0.326 e. The van der Waals surface area contributed by atoms with Crippen molar-refractivity contribution in [2.24, 2.45) is 0 Å². The number of quaternary nitrogens is 1. The van der Waals surface area contributed by atoms with E-state index in [2.05, 4.69) is 54.0 Å². The minimum absolute atomic E-state index is 0.00776.